The van der Waals surface area contributed by atoms with Crippen molar-refractivity contribution in [1.82, 2.24) is 24.6 Å². The van der Waals surface area contributed by atoms with Gasteiger partial charge in [-0.05, 0) is 19.1 Å². The van der Waals surface area contributed by atoms with Crippen LogP contribution in [-0.2, 0) is 0 Å². The molecule has 0 saturated carbocycles. The Bertz CT molecular complexity index is 875. The summed E-state index contributed by atoms with van der Waals surface area (Å²) in [4.78, 5) is 13.4. The van der Waals surface area contributed by atoms with Crippen LogP contribution >= 0.6 is 0 Å². The molecule has 24 heavy (non-hydrogen) atoms. The lowest BCUT2D eigenvalue weighted by atomic mass is 10.0. The van der Waals surface area contributed by atoms with E-state index in [1.165, 1.54) is 0 Å². The molecule has 2 fully saturated rings. The zero-order chi connectivity index (χ0) is 16.1. The Morgan fingerprint density at radius 1 is 0.958 bits per heavy atom. The number of hydrogen-bond acceptors (Lipinski definition) is 6. The molecular formula is C17H19N7. The van der Waals surface area contributed by atoms with E-state index in [0.29, 0.717) is 11.8 Å². The molecule has 2 aliphatic rings. The third kappa shape index (κ3) is 2.11. The first-order valence-electron chi connectivity index (χ1n) is 8.36. The molecule has 2 saturated heterocycles. The first-order chi connectivity index (χ1) is 11.8. The Kier molecular flexibility index (Phi) is 2.95. The van der Waals surface area contributed by atoms with Gasteiger partial charge in [0.25, 0.3) is 0 Å². The van der Waals surface area contributed by atoms with E-state index in [0.717, 1.165) is 49.3 Å². The number of pyridine rings is 1. The average Bonchev–Trinajstić information content (AvgIpc) is 3.26. The lowest BCUT2D eigenvalue weighted by Crippen LogP contribution is -2.30. The highest BCUT2D eigenvalue weighted by Crippen LogP contribution is 2.35. The number of fused-ring (bicyclic) bond motifs is 2. The molecule has 5 rings (SSSR count). The highest BCUT2D eigenvalue weighted by molar-refractivity contribution is 5.48. The summed E-state index contributed by atoms with van der Waals surface area (Å²) < 4.78 is 2.08. The molecule has 0 spiro atoms. The van der Waals surface area contributed by atoms with Gasteiger partial charge in [0.2, 0.25) is 5.95 Å². The van der Waals surface area contributed by atoms with Crippen LogP contribution in [0.25, 0.3) is 5.65 Å². The van der Waals surface area contributed by atoms with Crippen molar-refractivity contribution >= 4 is 17.4 Å². The largest absolute Gasteiger partial charge is 0.356 e. The van der Waals surface area contributed by atoms with Crippen LogP contribution in [0.2, 0.25) is 0 Å². The van der Waals surface area contributed by atoms with E-state index in [2.05, 4.69) is 40.4 Å². The molecule has 7 heteroatoms. The quantitative estimate of drug-likeness (QED) is 0.711. The van der Waals surface area contributed by atoms with Gasteiger partial charge in [0.1, 0.15) is 12.1 Å². The van der Waals surface area contributed by atoms with Crippen LogP contribution in [0, 0.1) is 18.8 Å². The van der Waals surface area contributed by atoms with Gasteiger partial charge in [-0.25, -0.2) is 9.97 Å². The van der Waals surface area contributed by atoms with E-state index in [1.54, 1.807) is 6.33 Å². The fourth-order valence-corrected chi connectivity index (χ4v) is 4.00. The van der Waals surface area contributed by atoms with E-state index in [4.69, 9.17) is 0 Å². The molecule has 0 radical (unpaired) electrons. The lowest BCUT2D eigenvalue weighted by Gasteiger charge is -2.22. The molecule has 0 aromatic carbocycles. The normalized spacial score (nSPS) is 23.2. The fourth-order valence-electron chi connectivity index (χ4n) is 4.00. The summed E-state index contributed by atoms with van der Waals surface area (Å²) in [6, 6.07) is 8.08. The van der Waals surface area contributed by atoms with Crippen molar-refractivity contribution in [2.24, 2.45) is 11.8 Å². The third-order valence-electron chi connectivity index (χ3n) is 5.18. The number of hydrogen-bond donors (Lipinski definition) is 0. The van der Waals surface area contributed by atoms with Crippen molar-refractivity contribution in [3.8, 4) is 0 Å². The highest BCUT2D eigenvalue weighted by Gasteiger charge is 2.41. The molecule has 0 N–H and O–H groups in total. The molecule has 5 heterocycles. The summed E-state index contributed by atoms with van der Waals surface area (Å²) in [5.74, 6) is 3.31. The van der Waals surface area contributed by atoms with E-state index < -0.39 is 0 Å². The number of aryl methyl sites for hydroxylation is 1. The maximum atomic E-state index is 4.43. The highest BCUT2D eigenvalue weighted by atomic mass is 15.4. The van der Waals surface area contributed by atoms with E-state index in [1.807, 2.05) is 31.3 Å². The first-order valence-corrected chi connectivity index (χ1v) is 8.36. The second-order valence-electron chi connectivity index (χ2n) is 6.78. The zero-order valence-electron chi connectivity index (χ0n) is 13.6. The Hall–Kier alpha value is -2.70. The van der Waals surface area contributed by atoms with Gasteiger partial charge < -0.3 is 9.80 Å². The van der Waals surface area contributed by atoms with Crippen molar-refractivity contribution in [2.45, 2.75) is 6.92 Å². The summed E-state index contributed by atoms with van der Waals surface area (Å²) >= 11 is 0. The van der Waals surface area contributed by atoms with Gasteiger partial charge in [0, 0.05) is 56.0 Å². The minimum Gasteiger partial charge on any atom is -0.356 e. The minimum atomic E-state index is 0.649. The number of rotatable bonds is 2. The van der Waals surface area contributed by atoms with Crippen LogP contribution in [-0.4, -0.2) is 50.7 Å². The summed E-state index contributed by atoms with van der Waals surface area (Å²) in [5.41, 5.74) is 1.93. The van der Waals surface area contributed by atoms with Crippen LogP contribution in [0.5, 0.6) is 0 Å². The van der Waals surface area contributed by atoms with Gasteiger partial charge >= 0.3 is 0 Å². The zero-order valence-corrected chi connectivity index (χ0v) is 13.6. The van der Waals surface area contributed by atoms with Crippen molar-refractivity contribution in [3.63, 3.8) is 0 Å². The van der Waals surface area contributed by atoms with Gasteiger partial charge in [-0.15, -0.1) is 10.2 Å². The minimum absolute atomic E-state index is 0.649. The lowest BCUT2D eigenvalue weighted by molar-refractivity contribution is 0.533. The molecule has 7 nitrogen and oxygen atoms in total. The van der Waals surface area contributed by atoms with Gasteiger partial charge in [-0.3, -0.25) is 4.40 Å². The molecule has 2 aliphatic heterocycles. The molecule has 2 atom stereocenters. The van der Waals surface area contributed by atoms with Crippen LogP contribution in [0.15, 0.2) is 36.8 Å². The van der Waals surface area contributed by atoms with Crippen LogP contribution in [0.3, 0.4) is 0 Å². The molecule has 122 valence electrons. The van der Waals surface area contributed by atoms with Crippen LogP contribution < -0.4 is 9.80 Å². The smallest absolute Gasteiger partial charge is 0.231 e. The van der Waals surface area contributed by atoms with Crippen molar-refractivity contribution in [2.75, 3.05) is 36.0 Å². The number of aromatic nitrogens is 5. The van der Waals surface area contributed by atoms with Gasteiger partial charge in [0.15, 0.2) is 5.65 Å². The van der Waals surface area contributed by atoms with Crippen molar-refractivity contribution < 1.29 is 0 Å². The molecule has 0 amide bonds. The molecule has 0 bridgehead atoms. The molecule has 3 aromatic rings. The Labute approximate surface area is 140 Å². The Morgan fingerprint density at radius 2 is 1.75 bits per heavy atom. The van der Waals surface area contributed by atoms with E-state index in [9.17, 15) is 0 Å². The third-order valence-corrected chi connectivity index (χ3v) is 5.18. The maximum absolute atomic E-state index is 4.43. The van der Waals surface area contributed by atoms with Crippen LogP contribution in [0.1, 0.15) is 5.69 Å². The predicted molar refractivity (Wildman–Crippen MR) is 91.2 cm³/mol. The fraction of sp³-hybridized carbons (Fsp3) is 0.412. The van der Waals surface area contributed by atoms with Gasteiger partial charge in [0.05, 0.1) is 0 Å². The van der Waals surface area contributed by atoms with Gasteiger partial charge in [-0.1, -0.05) is 6.07 Å². The van der Waals surface area contributed by atoms with E-state index in [-0.39, 0.29) is 0 Å². The summed E-state index contributed by atoms with van der Waals surface area (Å²) in [6.45, 7) is 6.17. The summed E-state index contributed by atoms with van der Waals surface area (Å²) in [6.07, 6.45) is 3.70. The second-order valence-corrected chi connectivity index (χ2v) is 6.78. The summed E-state index contributed by atoms with van der Waals surface area (Å²) in [7, 11) is 0. The average molecular weight is 321 g/mol. The second kappa shape index (κ2) is 5.15. The van der Waals surface area contributed by atoms with Crippen LogP contribution in [0.4, 0.5) is 11.8 Å². The SMILES string of the molecule is Cc1cc(N2CC3CN(c4nnc5ccccn45)CC3C2)ncn1. The standard InChI is InChI=1S/C17H19N7/c1-12-6-16(19-11-18-12)22-7-13-9-23(10-14(13)8-22)17-21-20-15-4-2-3-5-24(15)17/h2-6,11,13-14H,7-10H2,1H3. The monoisotopic (exact) mass is 321 g/mol. The van der Waals surface area contributed by atoms with E-state index >= 15 is 0 Å². The number of nitrogens with zero attached hydrogens (tertiary/aromatic N) is 7. The first kappa shape index (κ1) is 13.7. The molecule has 0 aliphatic carbocycles. The molecule has 2 unspecified atom stereocenters. The van der Waals surface area contributed by atoms with Crippen molar-refractivity contribution in [1.29, 1.82) is 0 Å². The Morgan fingerprint density at radius 3 is 2.54 bits per heavy atom. The van der Waals surface area contributed by atoms with Gasteiger partial charge in [-0.2, -0.15) is 0 Å². The molecular weight excluding hydrogens is 302 g/mol. The molecule has 3 aromatic heterocycles. The Balaban J connectivity index is 1.35. The number of anilines is 2. The topological polar surface area (TPSA) is 62.5 Å². The predicted octanol–water partition coefficient (Wildman–Crippen LogP) is 1.40. The van der Waals surface area contributed by atoms with Crippen molar-refractivity contribution in [3.05, 3.63) is 42.5 Å². The summed E-state index contributed by atoms with van der Waals surface area (Å²) in [5, 5.41) is 8.67. The maximum Gasteiger partial charge on any atom is 0.231 e.